The van der Waals surface area contributed by atoms with Crippen LogP contribution in [0, 0.1) is 5.92 Å². The maximum Gasteiger partial charge on any atom is 0.159 e. The van der Waals surface area contributed by atoms with E-state index >= 15 is 0 Å². The molecule has 2 fully saturated rings. The van der Waals surface area contributed by atoms with Crippen molar-refractivity contribution in [3.05, 3.63) is 0 Å². The van der Waals surface area contributed by atoms with Crippen LogP contribution in [0.5, 0.6) is 0 Å². The number of nitrogens with two attached hydrogens (primary N) is 1. The van der Waals surface area contributed by atoms with Gasteiger partial charge in [0.1, 0.15) is 0 Å². The first-order chi connectivity index (χ1) is 7.36. The van der Waals surface area contributed by atoms with Crippen LogP contribution in [-0.4, -0.2) is 25.5 Å². The van der Waals surface area contributed by atoms with Gasteiger partial charge in [-0.25, -0.2) is 0 Å². The summed E-state index contributed by atoms with van der Waals surface area (Å²) in [7, 11) is 0. The molecule has 0 bridgehead atoms. The molecule has 0 aromatic rings. The van der Waals surface area contributed by atoms with E-state index in [0.717, 1.165) is 19.6 Å². The van der Waals surface area contributed by atoms with Crippen molar-refractivity contribution in [2.45, 2.75) is 57.3 Å². The van der Waals surface area contributed by atoms with Crippen LogP contribution in [0.25, 0.3) is 0 Å². The lowest BCUT2D eigenvalue weighted by molar-refractivity contribution is -0.0541. The van der Waals surface area contributed by atoms with Crippen molar-refractivity contribution in [3.8, 4) is 0 Å². The molecular weight excluding hydrogens is 190 g/mol. The van der Waals surface area contributed by atoms with Crippen molar-refractivity contribution in [3.63, 3.8) is 0 Å². The van der Waals surface area contributed by atoms with E-state index in [-0.39, 0.29) is 12.3 Å². The predicted molar refractivity (Wildman–Crippen MR) is 59.5 cm³/mol. The summed E-state index contributed by atoms with van der Waals surface area (Å²) < 4.78 is 10.9. The van der Waals surface area contributed by atoms with Gasteiger partial charge < -0.3 is 15.2 Å². The Balaban J connectivity index is 1.74. The summed E-state index contributed by atoms with van der Waals surface area (Å²) in [6.45, 7) is 1.48. The lowest BCUT2D eigenvalue weighted by Gasteiger charge is -2.24. The summed E-state index contributed by atoms with van der Waals surface area (Å²) in [5, 5.41) is 0. The van der Waals surface area contributed by atoms with Gasteiger partial charge in [-0.15, -0.1) is 0 Å². The molecule has 1 saturated carbocycles. The van der Waals surface area contributed by atoms with Crippen LogP contribution in [0.4, 0.5) is 0 Å². The molecule has 15 heavy (non-hydrogen) atoms. The van der Waals surface area contributed by atoms with Gasteiger partial charge in [0.2, 0.25) is 0 Å². The maximum absolute atomic E-state index is 6.24. The van der Waals surface area contributed by atoms with E-state index in [1.165, 1.54) is 38.5 Å². The van der Waals surface area contributed by atoms with Crippen molar-refractivity contribution < 1.29 is 9.47 Å². The molecule has 2 rings (SSSR count). The SMILES string of the molecule is NC(CC1OCCO1)C1CCCCCC1. The van der Waals surface area contributed by atoms with Gasteiger partial charge in [-0.05, 0) is 18.8 Å². The van der Waals surface area contributed by atoms with Crippen molar-refractivity contribution in [2.24, 2.45) is 11.7 Å². The van der Waals surface area contributed by atoms with E-state index in [0.29, 0.717) is 5.92 Å². The van der Waals surface area contributed by atoms with E-state index in [1.807, 2.05) is 0 Å². The van der Waals surface area contributed by atoms with Gasteiger partial charge in [0.15, 0.2) is 6.29 Å². The minimum Gasteiger partial charge on any atom is -0.350 e. The molecule has 88 valence electrons. The first kappa shape index (κ1) is 11.4. The molecule has 1 atom stereocenters. The summed E-state index contributed by atoms with van der Waals surface area (Å²) in [6.07, 6.45) is 8.93. The molecular formula is C12H23NO2. The Morgan fingerprint density at radius 3 is 2.20 bits per heavy atom. The van der Waals surface area contributed by atoms with Gasteiger partial charge in [-0.1, -0.05) is 25.7 Å². The highest BCUT2D eigenvalue weighted by Crippen LogP contribution is 2.27. The molecule has 3 nitrogen and oxygen atoms in total. The number of rotatable bonds is 3. The van der Waals surface area contributed by atoms with Gasteiger partial charge in [0.25, 0.3) is 0 Å². The molecule has 3 heteroatoms. The molecule has 2 N–H and O–H groups in total. The molecule has 0 spiro atoms. The van der Waals surface area contributed by atoms with Crippen LogP contribution in [0.1, 0.15) is 44.9 Å². The zero-order valence-corrected chi connectivity index (χ0v) is 9.49. The van der Waals surface area contributed by atoms with Gasteiger partial charge in [0, 0.05) is 12.5 Å². The molecule has 1 aliphatic heterocycles. The quantitative estimate of drug-likeness (QED) is 0.730. The Morgan fingerprint density at radius 2 is 1.60 bits per heavy atom. The average molecular weight is 213 g/mol. The third-order valence-corrected chi connectivity index (χ3v) is 3.66. The van der Waals surface area contributed by atoms with Crippen molar-refractivity contribution in [1.29, 1.82) is 0 Å². The molecule has 0 aromatic carbocycles. The largest absolute Gasteiger partial charge is 0.350 e. The Kier molecular flexibility index (Phi) is 4.42. The van der Waals surface area contributed by atoms with Crippen LogP contribution in [-0.2, 0) is 9.47 Å². The van der Waals surface area contributed by atoms with Crippen LogP contribution in [0.3, 0.4) is 0 Å². The minimum atomic E-state index is -0.0248. The third kappa shape index (κ3) is 3.44. The maximum atomic E-state index is 6.24. The van der Waals surface area contributed by atoms with Crippen LogP contribution in [0.2, 0.25) is 0 Å². The fourth-order valence-electron chi connectivity index (χ4n) is 2.70. The van der Waals surface area contributed by atoms with Gasteiger partial charge in [0.05, 0.1) is 13.2 Å². The molecule has 0 amide bonds. The Morgan fingerprint density at radius 1 is 1.00 bits per heavy atom. The topological polar surface area (TPSA) is 44.5 Å². The second kappa shape index (κ2) is 5.83. The van der Waals surface area contributed by atoms with E-state index in [2.05, 4.69) is 0 Å². The van der Waals surface area contributed by atoms with E-state index in [4.69, 9.17) is 15.2 Å². The first-order valence-corrected chi connectivity index (χ1v) is 6.35. The van der Waals surface area contributed by atoms with Crippen LogP contribution in [0.15, 0.2) is 0 Å². The standard InChI is InChI=1S/C12H23NO2/c13-11(9-12-14-7-8-15-12)10-5-3-1-2-4-6-10/h10-12H,1-9,13H2. The molecule has 1 unspecified atom stereocenters. The Labute approximate surface area is 92.3 Å². The van der Waals surface area contributed by atoms with E-state index in [9.17, 15) is 0 Å². The van der Waals surface area contributed by atoms with Crippen LogP contribution < -0.4 is 5.73 Å². The highest BCUT2D eigenvalue weighted by Gasteiger charge is 2.25. The van der Waals surface area contributed by atoms with Crippen LogP contribution >= 0.6 is 0 Å². The Bertz CT molecular complexity index is 172. The third-order valence-electron chi connectivity index (χ3n) is 3.66. The molecule has 1 saturated heterocycles. The minimum absolute atomic E-state index is 0.0248. The van der Waals surface area contributed by atoms with Crippen molar-refractivity contribution >= 4 is 0 Å². The second-order valence-corrected chi connectivity index (χ2v) is 4.82. The summed E-state index contributed by atoms with van der Waals surface area (Å²) in [6, 6.07) is 0.270. The summed E-state index contributed by atoms with van der Waals surface area (Å²) in [5.41, 5.74) is 6.24. The van der Waals surface area contributed by atoms with E-state index in [1.54, 1.807) is 0 Å². The van der Waals surface area contributed by atoms with Gasteiger partial charge in [-0.3, -0.25) is 0 Å². The monoisotopic (exact) mass is 213 g/mol. The molecule has 0 aromatic heterocycles. The van der Waals surface area contributed by atoms with E-state index < -0.39 is 0 Å². The number of ether oxygens (including phenoxy) is 2. The molecule has 1 heterocycles. The van der Waals surface area contributed by atoms with Gasteiger partial charge in [-0.2, -0.15) is 0 Å². The summed E-state index contributed by atoms with van der Waals surface area (Å²) in [5.74, 6) is 0.695. The molecule has 2 aliphatic rings. The predicted octanol–water partition coefficient (Wildman–Crippen LogP) is 2.05. The summed E-state index contributed by atoms with van der Waals surface area (Å²) in [4.78, 5) is 0. The summed E-state index contributed by atoms with van der Waals surface area (Å²) >= 11 is 0. The van der Waals surface area contributed by atoms with Crippen molar-refractivity contribution in [1.82, 2.24) is 0 Å². The lowest BCUT2D eigenvalue weighted by atomic mass is 9.90. The highest BCUT2D eigenvalue weighted by molar-refractivity contribution is 4.77. The van der Waals surface area contributed by atoms with Gasteiger partial charge >= 0.3 is 0 Å². The zero-order chi connectivity index (χ0) is 10.5. The highest BCUT2D eigenvalue weighted by atomic mass is 16.7. The normalized spacial score (nSPS) is 27.8. The molecule has 0 radical (unpaired) electrons. The lowest BCUT2D eigenvalue weighted by Crippen LogP contribution is -2.34. The Hall–Kier alpha value is -0.120. The molecule has 1 aliphatic carbocycles. The number of hydrogen-bond donors (Lipinski definition) is 1. The fourth-order valence-corrected chi connectivity index (χ4v) is 2.70. The number of hydrogen-bond acceptors (Lipinski definition) is 3. The second-order valence-electron chi connectivity index (χ2n) is 4.82. The average Bonchev–Trinajstić information content (AvgIpc) is 2.58. The van der Waals surface area contributed by atoms with Crippen molar-refractivity contribution in [2.75, 3.05) is 13.2 Å². The fraction of sp³-hybridized carbons (Fsp3) is 1.00. The first-order valence-electron chi connectivity index (χ1n) is 6.35. The zero-order valence-electron chi connectivity index (χ0n) is 9.49. The smallest absolute Gasteiger partial charge is 0.159 e.